The largest absolute Gasteiger partial charge is 0.358 e. The van der Waals surface area contributed by atoms with Gasteiger partial charge in [0.1, 0.15) is 9.84 Å². The minimum atomic E-state index is -3.11. The van der Waals surface area contributed by atoms with Crippen LogP contribution in [0.5, 0.6) is 0 Å². The molecular formula is C15H20N2O3S. The van der Waals surface area contributed by atoms with Gasteiger partial charge in [-0.3, -0.25) is 4.79 Å². The van der Waals surface area contributed by atoms with E-state index in [2.05, 4.69) is 10.3 Å². The molecule has 0 aliphatic carbocycles. The van der Waals surface area contributed by atoms with Crippen LogP contribution in [0.2, 0.25) is 0 Å². The van der Waals surface area contributed by atoms with E-state index in [0.29, 0.717) is 5.56 Å². The predicted octanol–water partition coefficient (Wildman–Crippen LogP) is 1.95. The molecule has 1 amide bonds. The SMILES string of the molecule is Cc1[nH]c2ccc(C(=O)NC(C)CS(C)(=O)=O)cc2c1C. The van der Waals surface area contributed by atoms with Crippen LogP contribution in [0.15, 0.2) is 18.2 Å². The Morgan fingerprint density at radius 2 is 2.00 bits per heavy atom. The topological polar surface area (TPSA) is 79.0 Å². The molecule has 1 aromatic heterocycles. The molecule has 1 heterocycles. The predicted molar refractivity (Wildman–Crippen MR) is 84.4 cm³/mol. The highest BCUT2D eigenvalue weighted by molar-refractivity contribution is 7.90. The van der Waals surface area contributed by atoms with E-state index in [1.54, 1.807) is 13.0 Å². The van der Waals surface area contributed by atoms with E-state index in [9.17, 15) is 13.2 Å². The number of nitrogens with one attached hydrogen (secondary N) is 2. The molecule has 1 aromatic carbocycles. The van der Waals surface area contributed by atoms with Gasteiger partial charge in [-0.2, -0.15) is 0 Å². The molecule has 0 aliphatic heterocycles. The molecule has 0 fully saturated rings. The van der Waals surface area contributed by atoms with Crippen LogP contribution in [-0.2, 0) is 9.84 Å². The lowest BCUT2D eigenvalue weighted by atomic mass is 10.1. The molecule has 0 radical (unpaired) electrons. The lowest BCUT2D eigenvalue weighted by Crippen LogP contribution is -2.37. The Morgan fingerprint density at radius 3 is 2.62 bits per heavy atom. The monoisotopic (exact) mass is 308 g/mol. The molecule has 0 bridgehead atoms. The number of H-pyrrole nitrogens is 1. The first kappa shape index (κ1) is 15.6. The summed E-state index contributed by atoms with van der Waals surface area (Å²) < 4.78 is 22.5. The van der Waals surface area contributed by atoms with Gasteiger partial charge in [0.2, 0.25) is 0 Å². The maximum Gasteiger partial charge on any atom is 0.251 e. The number of hydrogen-bond acceptors (Lipinski definition) is 3. The van der Waals surface area contributed by atoms with Crippen LogP contribution in [0.3, 0.4) is 0 Å². The maximum absolute atomic E-state index is 12.2. The molecule has 2 aromatic rings. The lowest BCUT2D eigenvalue weighted by molar-refractivity contribution is 0.0944. The van der Waals surface area contributed by atoms with Gasteiger partial charge in [0, 0.05) is 34.5 Å². The summed E-state index contributed by atoms with van der Waals surface area (Å²) in [7, 11) is -3.11. The summed E-state index contributed by atoms with van der Waals surface area (Å²) in [5.74, 6) is -0.324. The summed E-state index contributed by atoms with van der Waals surface area (Å²) in [5, 5.41) is 3.73. The van der Waals surface area contributed by atoms with Crippen LogP contribution in [0.1, 0.15) is 28.5 Å². The Bertz CT molecular complexity index is 791. The molecule has 2 rings (SSSR count). The second-order valence-electron chi connectivity index (χ2n) is 5.60. The third-order valence-electron chi connectivity index (χ3n) is 3.50. The van der Waals surface area contributed by atoms with Gasteiger partial charge in [0.25, 0.3) is 5.91 Å². The number of benzene rings is 1. The first-order valence-electron chi connectivity index (χ1n) is 6.75. The van der Waals surface area contributed by atoms with Gasteiger partial charge in [-0.25, -0.2) is 8.42 Å². The van der Waals surface area contributed by atoms with Crippen molar-refractivity contribution in [3.8, 4) is 0 Å². The Morgan fingerprint density at radius 1 is 1.33 bits per heavy atom. The van der Waals surface area contributed by atoms with E-state index in [0.717, 1.165) is 28.4 Å². The lowest BCUT2D eigenvalue weighted by Gasteiger charge is -2.12. The van der Waals surface area contributed by atoms with Crippen molar-refractivity contribution < 1.29 is 13.2 Å². The van der Waals surface area contributed by atoms with Crippen molar-refractivity contribution in [3.05, 3.63) is 35.0 Å². The van der Waals surface area contributed by atoms with Crippen molar-refractivity contribution >= 4 is 26.6 Å². The summed E-state index contributed by atoms with van der Waals surface area (Å²) in [4.78, 5) is 15.4. The molecule has 0 saturated carbocycles. The second-order valence-corrected chi connectivity index (χ2v) is 7.79. The Hall–Kier alpha value is -1.82. The number of carbonyl (C=O) groups excluding carboxylic acids is 1. The van der Waals surface area contributed by atoms with E-state index in [1.807, 2.05) is 26.0 Å². The Kier molecular flexibility index (Phi) is 4.09. The first-order valence-corrected chi connectivity index (χ1v) is 8.81. The van der Waals surface area contributed by atoms with Crippen molar-refractivity contribution in [2.24, 2.45) is 0 Å². The highest BCUT2D eigenvalue weighted by Gasteiger charge is 2.15. The maximum atomic E-state index is 12.2. The van der Waals surface area contributed by atoms with Gasteiger partial charge in [-0.1, -0.05) is 0 Å². The van der Waals surface area contributed by atoms with E-state index in [-0.39, 0.29) is 11.7 Å². The van der Waals surface area contributed by atoms with Crippen LogP contribution in [0.25, 0.3) is 10.9 Å². The molecule has 5 nitrogen and oxygen atoms in total. The number of carbonyl (C=O) groups is 1. The second kappa shape index (κ2) is 5.52. The van der Waals surface area contributed by atoms with Gasteiger partial charge in [-0.15, -0.1) is 0 Å². The number of rotatable bonds is 4. The van der Waals surface area contributed by atoms with Crippen molar-refractivity contribution in [2.45, 2.75) is 26.8 Å². The van der Waals surface area contributed by atoms with Crippen molar-refractivity contribution in [2.75, 3.05) is 12.0 Å². The summed E-state index contributed by atoms with van der Waals surface area (Å²) >= 11 is 0. The fourth-order valence-corrected chi connectivity index (χ4v) is 3.40. The molecule has 1 unspecified atom stereocenters. The first-order chi connectivity index (χ1) is 9.67. The van der Waals surface area contributed by atoms with Gasteiger partial charge < -0.3 is 10.3 Å². The van der Waals surface area contributed by atoms with Crippen LogP contribution >= 0.6 is 0 Å². The molecule has 21 heavy (non-hydrogen) atoms. The third kappa shape index (κ3) is 3.64. The van der Waals surface area contributed by atoms with Crippen molar-refractivity contribution in [3.63, 3.8) is 0 Å². The summed E-state index contributed by atoms with van der Waals surface area (Å²) in [6.45, 7) is 5.68. The van der Waals surface area contributed by atoms with Crippen molar-refractivity contribution in [1.82, 2.24) is 10.3 Å². The highest BCUT2D eigenvalue weighted by atomic mass is 32.2. The zero-order valence-corrected chi connectivity index (χ0v) is 13.5. The fraction of sp³-hybridized carbons (Fsp3) is 0.400. The zero-order chi connectivity index (χ0) is 15.8. The summed E-state index contributed by atoms with van der Waals surface area (Å²) in [5.41, 5.74) is 3.72. The number of sulfone groups is 1. The van der Waals surface area contributed by atoms with Crippen molar-refractivity contribution in [1.29, 1.82) is 0 Å². The zero-order valence-electron chi connectivity index (χ0n) is 12.6. The van der Waals surface area contributed by atoms with E-state index >= 15 is 0 Å². The summed E-state index contributed by atoms with van der Waals surface area (Å²) in [6.07, 6.45) is 1.16. The van der Waals surface area contributed by atoms with E-state index < -0.39 is 15.9 Å². The van der Waals surface area contributed by atoms with Gasteiger partial charge in [0.05, 0.1) is 5.75 Å². The molecule has 2 N–H and O–H groups in total. The van der Waals surface area contributed by atoms with Crippen LogP contribution in [0.4, 0.5) is 0 Å². The average Bonchev–Trinajstić information content (AvgIpc) is 2.62. The fourth-order valence-electron chi connectivity index (χ4n) is 2.41. The molecular weight excluding hydrogens is 288 g/mol. The van der Waals surface area contributed by atoms with Crippen LogP contribution < -0.4 is 5.32 Å². The molecule has 0 saturated heterocycles. The van der Waals surface area contributed by atoms with Crippen LogP contribution in [-0.4, -0.2) is 37.4 Å². The quantitative estimate of drug-likeness (QED) is 0.906. The van der Waals surface area contributed by atoms with E-state index in [4.69, 9.17) is 0 Å². The van der Waals surface area contributed by atoms with Gasteiger partial charge >= 0.3 is 0 Å². The minimum absolute atomic E-state index is 0.0662. The normalized spacial score (nSPS) is 13.3. The number of hydrogen-bond donors (Lipinski definition) is 2. The smallest absolute Gasteiger partial charge is 0.251 e. The molecule has 1 atom stereocenters. The van der Waals surface area contributed by atoms with Crippen LogP contribution in [0, 0.1) is 13.8 Å². The molecule has 0 spiro atoms. The molecule has 0 aliphatic rings. The number of aromatic nitrogens is 1. The van der Waals surface area contributed by atoms with Gasteiger partial charge in [-0.05, 0) is 44.5 Å². The van der Waals surface area contributed by atoms with E-state index in [1.165, 1.54) is 0 Å². The Labute approximate surface area is 124 Å². The minimum Gasteiger partial charge on any atom is -0.358 e. The highest BCUT2D eigenvalue weighted by Crippen LogP contribution is 2.22. The Balaban J connectivity index is 2.21. The standard InChI is InChI=1S/C15H20N2O3S/c1-9(8-21(4,19)20)16-15(18)12-5-6-14-13(7-12)10(2)11(3)17-14/h5-7,9,17H,8H2,1-4H3,(H,16,18). The molecule has 6 heteroatoms. The van der Waals surface area contributed by atoms with Gasteiger partial charge in [0.15, 0.2) is 0 Å². The molecule has 114 valence electrons. The third-order valence-corrected chi connectivity index (χ3v) is 4.61. The average molecular weight is 308 g/mol. The summed E-state index contributed by atoms with van der Waals surface area (Å²) in [6, 6.07) is 5.01. The number of amides is 1. The number of fused-ring (bicyclic) bond motifs is 1. The number of aromatic amines is 1. The number of aryl methyl sites for hydroxylation is 2.